The third kappa shape index (κ3) is 9.00. The van der Waals surface area contributed by atoms with E-state index in [2.05, 4.69) is 51.9 Å². The fourth-order valence-corrected chi connectivity index (χ4v) is 7.74. The van der Waals surface area contributed by atoms with Gasteiger partial charge in [0.05, 0.1) is 48.0 Å². The fourth-order valence-electron chi connectivity index (χ4n) is 5.69. The number of methoxy groups -OCH3 is 1. The average Bonchev–Trinajstić information content (AvgIpc) is 3.61. The molecular formula is C34H40BBrF3N8O7P. The lowest BCUT2D eigenvalue weighted by molar-refractivity contribution is -0.137. The molecule has 6 rings (SSSR count). The number of rotatable bonds is 14. The minimum absolute atomic E-state index is 0.0201. The van der Waals surface area contributed by atoms with Gasteiger partial charge >= 0.3 is 20.9 Å². The van der Waals surface area contributed by atoms with Gasteiger partial charge in [-0.05, 0) is 86.3 Å². The van der Waals surface area contributed by atoms with Gasteiger partial charge in [0.1, 0.15) is 21.7 Å². The highest BCUT2D eigenvalue weighted by atomic mass is 79.9. The number of nitrogens with zero attached hydrogens (tertiary/aromatic N) is 5. The van der Waals surface area contributed by atoms with Crippen LogP contribution in [-0.4, -0.2) is 75.8 Å². The Bertz CT molecular complexity index is 2120. The average molecular weight is 851 g/mol. The van der Waals surface area contributed by atoms with Gasteiger partial charge in [-0.25, -0.2) is 9.97 Å². The molecule has 1 aromatic carbocycles. The third-order valence-electron chi connectivity index (χ3n) is 9.59. The molecule has 21 heteroatoms. The van der Waals surface area contributed by atoms with Crippen molar-refractivity contribution in [2.45, 2.75) is 76.2 Å². The van der Waals surface area contributed by atoms with E-state index in [1.807, 2.05) is 33.9 Å². The number of ether oxygens (including phenoxy) is 1. The second-order valence-electron chi connectivity index (χ2n) is 14.1. The molecule has 2 fully saturated rings. The standard InChI is InChI=1S/C34H40BBrF3N8O7P/c1-31(2)32(3,4)53-35(52-31)21-15-42-47(17-21)19-33(12-13-33)54-55(49,51-7)18-20-8-9-23(25(14-20)50-6)44-30-41-16-22(34(37,38)39)28(46-30)43-24-10-11-26(36)45-27(24)29(48)40-5/h8-11,14-17H,12-13,18-19H2,1-7H3,(H,40,48)(H2,41,43,44,46). The van der Waals surface area contributed by atoms with Gasteiger partial charge in [0.2, 0.25) is 5.95 Å². The molecule has 294 valence electrons. The summed E-state index contributed by atoms with van der Waals surface area (Å²) in [4.78, 5) is 24.5. The Morgan fingerprint density at radius 2 is 1.73 bits per heavy atom. The lowest BCUT2D eigenvalue weighted by atomic mass is 9.82. The molecule has 3 aromatic heterocycles. The summed E-state index contributed by atoms with van der Waals surface area (Å²) in [5.74, 6) is -1.21. The number of hydrogen-bond acceptors (Lipinski definition) is 13. The summed E-state index contributed by atoms with van der Waals surface area (Å²) < 4.78 is 87.7. The van der Waals surface area contributed by atoms with Gasteiger partial charge in [-0.1, -0.05) is 6.07 Å². The largest absolute Gasteiger partial charge is 0.498 e. The summed E-state index contributed by atoms with van der Waals surface area (Å²) in [6.45, 7) is 8.24. The van der Waals surface area contributed by atoms with Crippen LogP contribution < -0.4 is 26.2 Å². The molecule has 1 saturated carbocycles. The van der Waals surface area contributed by atoms with Crippen molar-refractivity contribution in [2.75, 3.05) is 31.9 Å². The Balaban J connectivity index is 1.17. The molecule has 4 aromatic rings. The first-order chi connectivity index (χ1) is 25.8. The van der Waals surface area contributed by atoms with Gasteiger partial charge < -0.3 is 34.5 Å². The SMILES string of the molecule is CNC(=O)c1nc(Br)ccc1Nc1nc(Nc2ccc(CP(=O)(OC)OC3(Cn4cc(B5OC(C)(C)C(C)(C)O5)cn4)CC3)cc2OC)ncc1C(F)(F)F. The number of aromatic nitrogens is 5. The highest BCUT2D eigenvalue weighted by Crippen LogP contribution is 2.60. The van der Waals surface area contributed by atoms with Crippen LogP contribution in [-0.2, 0) is 41.8 Å². The van der Waals surface area contributed by atoms with Crippen LogP contribution in [0.4, 0.5) is 36.3 Å². The van der Waals surface area contributed by atoms with E-state index in [0.29, 0.717) is 41.4 Å². The van der Waals surface area contributed by atoms with Gasteiger partial charge in [-0.2, -0.15) is 23.3 Å². The van der Waals surface area contributed by atoms with Gasteiger partial charge in [0.15, 0.2) is 5.69 Å². The fraction of sp³-hybridized carbons (Fsp3) is 0.441. The third-order valence-corrected chi connectivity index (χ3v) is 12.0. The van der Waals surface area contributed by atoms with Crippen molar-refractivity contribution in [2.24, 2.45) is 0 Å². The molecule has 1 saturated heterocycles. The number of carbonyl (C=O) groups is 1. The molecule has 2 aliphatic rings. The Morgan fingerprint density at radius 3 is 2.35 bits per heavy atom. The number of anilines is 4. The molecule has 1 unspecified atom stereocenters. The van der Waals surface area contributed by atoms with Crippen molar-refractivity contribution in [3.8, 4) is 5.75 Å². The topological polar surface area (TPSA) is 173 Å². The van der Waals surface area contributed by atoms with Crippen molar-refractivity contribution < 1.29 is 45.6 Å². The predicted molar refractivity (Wildman–Crippen MR) is 201 cm³/mol. The van der Waals surface area contributed by atoms with E-state index in [1.54, 1.807) is 29.1 Å². The van der Waals surface area contributed by atoms with Crippen LogP contribution in [0.1, 0.15) is 62.2 Å². The van der Waals surface area contributed by atoms with Crippen LogP contribution in [0.25, 0.3) is 0 Å². The minimum atomic E-state index is -4.83. The number of carbonyl (C=O) groups excluding carboxylic acids is 1. The van der Waals surface area contributed by atoms with Crippen LogP contribution in [0, 0.1) is 0 Å². The zero-order valence-corrected chi connectivity index (χ0v) is 33.6. The number of hydrogen-bond donors (Lipinski definition) is 3. The number of amides is 1. The second-order valence-corrected chi connectivity index (χ2v) is 17.0. The predicted octanol–water partition coefficient (Wildman–Crippen LogP) is 6.59. The molecule has 3 N–H and O–H groups in total. The van der Waals surface area contributed by atoms with Crippen molar-refractivity contribution in [1.82, 2.24) is 30.0 Å². The van der Waals surface area contributed by atoms with Gasteiger partial charge in [-0.3, -0.25) is 18.6 Å². The van der Waals surface area contributed by atoms with E-state index in [9.17, 15) is 22.5 Å². The second kappa shape index (κ2) is 15.1. The summed E-state index contributed by atoms with van der Waals surface area (Å²) in [5.41, 5.74) is -1.50. The van der Waals surface area contributed by atoms with Crippen LogP contribution >= 0.6 is 23.5 Å². The number of halogens is 4. The molecule has 4 heterocycles. The molecule has 1 aliphatic heterocycles. The smallest absolute Gasteiger partial charge is 0.495 e. The van der Waals surface area contributed by atoms with E-state index in [-0.39, 0.29) is 29.2 Å². The zero-order chi connectivity index (χ0) is 40.0. The lowest BCUT2D eigenvalue weighted by Crippen LogP contribution is -2.41. The first-order valence-corrected chi connectivity index (χ1v) is 19.6. The molecular weight excluding hydrogens is 811 g/mol. The van der Waals surface area contributed by atoms with Crippen molar-refractivity contribution in [1.29, 1.82) is 0 Å². The molecule has 15 nitrogen and oxygen atoms in total. The maximum Gasteiger partial charge on any atom is 0.498 e. The van der Waals surface area contributed by atoms with E-state index >= 15 is 0 Å². The highest BCUT2D eigenvalue weighted by molar-refractivity contribution is 9.10. The van der Waals surface area contributed by atoms with E-state index < -0.39 is 55.0 Å². The molecule has 0 spiro atoms. The van der Waals surface area contributed by atoms with Crippen molar-refractivity contribution in [3.63, 3.8) is 0 Å². The molecule has 55 heavy (non-hydrogen) atoms. The molecule has 0 radical (unpaired) electrons. The van der Waals surface area contributed by atoms with Gasteiger partial charge in [0.25, 0.3) is 5.91 Å². The van der Waals surface area contributed by atoms with E-state index in [1.165, 1.54) is 33.4 Å². The maximum absolute atomic E-state index is 14.0. The van der Waals surface area contributed by atoms with E-state index in [0.717, 1.165) is 5.46 Å². The number of nitrogens with one attached hydrogen (secondary N) is 3. The van der Waals surface area contributed by atoms with E-state index in [4.69, 9.17) is 23.1 Å². The molecule has 1 aliphatic carbocycles. The maximum atomic E-state index is 14.0. The number of benzene rings is 1. The normalized spacial score (nSPS) is 18.1. The molecule has 0 bridgehead atoms. The zero-order valence-electron chi connectivity index (χ0n) is 31.1. The Kier molecular flexibility index (Phi) is 11.2. The molecule has 1 atom stereocenters. The highest BCUT2D eigenvalue weighted by Gasteiger charge is 2.53. The summed E-state index contributed by atoms with van der Waals surface area (Å²) in [6.07, 6.45) is 0.501. The summed E-state index contributed by atoms with van der Waals surface area (Å²) in [6, 6.07) is 7.69. The number of alkyl halides is 3. The van der Waals surface area contributed by atoms with Crippen molar-refractivity contribution >= 4 is 65.2 Å². The summed E-state index contributed by atoms with van der Waals surface area (Å²) in [7, 11) is -0.179. The first-order valence-electron chi connectivity index (χ1n) is 17.1. The van der Waals surface area contributed by atoms with Gasteiger partial charge in [0, 0.05) is 38.2 Å². The quantitative estimate of drug-likeness (QED) is 0.0705. The van der Waals surface area contributed by atoms with Gasteiger partial charge in [-0.15, -0.1) is 0 Å². The first kappa shape index (κ1) is 40.6. The lowest BCUT2D eigenvalue weighted by Gasteiger charge is -2.32. The van der Waals surface area contributed by atoms with Crippen LogP contribution in [0.15, 0.2) is 53.5 Å². The van der Waals surface area contributed by atoms with Crippen LogP contribution in [0.5, 0.6) is 5.75 Å². The Hall–Kier alpha value is -4.07. The summed E-state index contributed by atoms with van der Waals surface area (Å²) >= 11 is 3.17. The number of pyridine rings is 1. The Morgan fingerprint density at radius 1 is 1.04 bits per heavy atom. The van der Waals surface area contributed by atoms with Crippen LogP contribution in [0.3, 0.4) is 0 Å². The van der Waals surface area contributed by atoms with Crippen molar-refractivity contribution in [3.05, 3.63) is 70.3 Å². The molecule has 1 amide bonds. The Labute approximate surface area is 324 Å². The van der Waals surface area contributed by atoms with Crippen LogP contribution in [0.2, 0.25) is 0 Å². The minimum Gasteiger partial charge on any atom is -0.495 e. The summed E-state index contributed by atoms with van der Waals surface area (Å²) in [5, 5.41) is 12.4. The monoisotopic (exact) mass is 850 g/mol.